The average Bonchev–Trinajstić information content (AvgIpc) is 3.28. The van der Waals surface area contributed by atoms with E-state index in [0.717, 1.165) is 33.6 Å². The molecule has 10 aromatic rings. The Morgan fingerprint density at radius 1 is 0.393 bits per heavy atom. The fourth-order valence-corrected chi connectivity index (χ4v) is 8.34. The summed E-state index contributed by atoms with van der Waals surface area (Å²) in [5.74, 6) is 0. The van der Waals surface area contributed by atoms with E-state index in [0.29, 0.717) is 11.3 Å². The van der Waals surface area contributed by atoms with Crippen molar-refractivity contribution in [2.75, 3.05) is 0 Å². The van der Waals surface area contributed by atoms with Crippen molar-refractivity contribution < 1.29 is 0 Å². The molecule has 258 valence electrons. The van der Waals surface area contributed by atoms with Gasteiger partial charge in [0.15, 0.2) is 5.69 Å². The fourth-order valence-electron chi connectivity index (χ4n) is 8.34. The van der Waals surface area contributed by atoms with Crippen LogP contribution in [0.1, 0.15) is 5.56 Å². The zero-order valence-electron chi connectivity index (χ0n) is 30.1. The number of hydrogen-bond acceptors (Lipinski definition) is 3. The van der Waals surface area contributed by atoms with Gasteiger partial charge in [0.25, 0.3) is 0 Å². The van der Waals surface area contributed by atoms with Crippen molar-refractivity contribution >= 4 is 48.8 Å². The van der Waals surface area contributed by atoms with Gasteiger partial charge in [-0.25, -0.2) is 4.85 Å². The molecular weight excluding hydrogens is 681 g/mol. The lowest BCUT2D eigenvalue weighted by atomic mass is 9.81. The van der Waals surface area contributed by atoms with Crippen LogP contribution in [0.15, 0.2) is 182 Å². The molecule has 10 rings (SSSR count). The Bertz CT molecular complexity index is 2920. The molecule has 4 heteroatoms. The van der Waals surface area contributed by atoms with Gasteiger partial charge in [-0.1, -0.05) is 146 Å². The van der Waals surface area contributed by atoms with Gasteiger partial charge in [-0.15, -0.1) is 0 Å². The maximum absolute atomic E-state index is 9.46. The molecule has 56 heavy (non-hydrogen) atoms. The Morgan fingerprint density at radius 3 is 1.11 bits per heavy atom. The number of benzene rings is 8. The number of pyridine rings is 2. The van der Waals surface area contributed by atoms with E-state index >= 15 is 0 Å². The molecule has 2 heterocycles. The predicted octanol–water partition coefficient (Wildman–Crippen LogP) is 13.8. The van der Waals surface area contributed by atoms with Crippen molar-refractivity contribution in [1.29, 1.82) is 5.26 Å². The van der Waals surface area contributed by atoms with Crippen molar-refractivity contribution in [1.82, 2.24) is 9.97 Å². The SMILES string of the molecule is [C-]#[N+]c1ccnc(-c2ccc(-c3c4ccccc4c(-c4c5ccccc5c(-c5ccc(-c6cc(C#N)ccn6)cc5)c5ccccc45)c4ccccc34)cc2)c1. The highest BCUT2D eigenvalue weighted by Crippen LogP contribution is 2.50. The van der Waals surface area contributed by atoms with Crippen molar-refractivity contribution in [3.8, 4) is 62.0 Å². The number of nitriles is 1. The molecule has 0 N–H and O–H groups in total. The molecule has 0 unspecified atom stereocenters. The number of fused-ring (bicyclic) bond motifs is 4. The first-order chi connectivity index (χ1) is 27.7. The molecule has 0 fully saturated rings. The second-order valence-corrected chi connectivity index (χ2v) is 13.9. The quantitative estimate of drug-likeness (QED) is 0.132. The zero-order chi connectivity index (χ0) is 37.6. The summed E-state index contributed by atoms with van der Waals surface area (Å²) in [7, 11) is 0. The maximum atomic E-state index is 9.46. The van der Waals surface area contributed by atoms with E-state index in [9.17, 15) is 5.26 Å². The highest BCUT2D eigenvalue weighted by atomic mass is 14.7. The Kier molecular flexibility index (Phi) is 7.88. The molecule has 8 aromatic carbocycles. The summed E-state index contributed by atoms with van der Waals surface area (Å²) < 4.78 is 0. The first kappa shape index (κ1) is 32.7. The summed E-state index contributed by atoms with van der Waals surface area (Å²) in [6.45, 7) is 7.45. The smallest absolute Gasteiger partial charge is 0.190 e. The van der Waals surface area contributed by atoms with E-state index in [1.54, 1.807) is 24.5 Å². The normalized spacial score (nSPS) is 11.2. The van der Waals surface area contributed by atoms with Crippen LogP contribution in [-0.4, -0.2) is 9.97 Å². The average molecular weight is 711 g/mol. The van der Waals surface area contributed by atoms with Gasteiger partial charge in [0.2, 0.25) is 0 Å². The van der Waals surface area contributed by atoms with Crippen molar-refractivity contribution in [2.24, 2.45) is 0 Å². The summed E-state index contributed by atoms with van der Waals surface area (Å²) in [6, 6.07) is 61.6. The standard InChI is InChI=1S/C52H30N4/c1-54-38-27-29-56-48(31-38)35-20-24-37(25-21-35)50-41-12-4-8-16-45(41)52(46-17-9-5-13-42(46)50)51-43-14-6-2-10-39(43)49(40-11-3-7-15-44(40)51)36-22-18-34(19-23-36)47-30-33(32-53)26-28-55-47/h2-31H. The molecule has 4 nitrogen and oxygen atoms in total. The minimum Gasteiger partial charge on any atom is -0.259 e. The summed E-state index contributed by atoms with van der Waals surface area (Å²) in [6.07, 6.45) is 3.39. The number of rotatable bonds is 5. The van der Waals surface area contributed by atoms with Crippen LogP contribution < -0.4 is 0 Å². The molecule has 0 aliphatic carbocycles. The van der Waals surface area contributed by atoms with Crippen molar-refractivity contribution in [3.63, 3.8) is 0 Å². The van der Waals surface area contributed by atoms with Gasteiger partial charge in [0.1, 0.15) is 0 Å². The lowest BCUT2D eigenvalue weighted by molar-refractivity contribution is 1.31. The fraction of sp³-hybridized carbons (Fsp3) is 0. The highest BCUT2D eigenvalue weighted by molar-refractivity contribution is 6.30. The van der Waals surface area contributed by atoms with Gasteiger partial charge >= 0.3 is 0 Å². The molecule has 0 amide bonds. The molecule has 0 saturated carbocycles. The summed E-state index contributed by atoms with van der Waals surface area (Å²) in [4.78, 5) is 12.7. The Morgan fingerprint density at radius 2 is 0.732 bits per heavy atom. The first-order valence-corrected chi connectivity index (χ1v) is 18.5. The molecule has 0 aliphatic rings. The lowest BCUT2D eigenvalue weighted by Gasteiger charge is -2.22. The van der Waals surface area contributed by atoms with Crippen molar-refractivity contribution in [3.05, 3.63) is 199 Å². The van der Waals surface area contributed by atoms with Crippen LogP contribution in [0, 0.1) is 17.9 Å². The highest BCUT2D eigenvalue weighted by Gasteiger charge is 2.22. The van der Waals surface area contributed by atoms with Crippen LogP contribution in [0.5, 0.6) is 0 Å². The van der Waals surface area contributed by atoms with Gasteiger partial charge in [-0.2, -0.15) is 5.26 Å². The first-order valence-electron chi connectivity index (χ1n) is 18.5. The van der Waals surface area contributed by atoms with Gasteiger partial charge in [0, 0.05) is 18.0 Å². The molecule has 0 saturated heterocycles. The van der Waals surface area contributed by atoms with E-state index in [4.69, 9.17) is 6.57 Å². The second-order valence-electron chi connectivity index (χ2n) is 13.9. The maximum Gasteiger partial charge on any atom is 0.190 e. The van der Waals surface area contributed by atoms with Crippen LogP contribution in [0.2, 0.25) is 0 Å². The zero-order valence-corrected chi connectivity index (χ0v) is 30.1. The summed E-state index contributed by atoms with van der Waals surface area (Å²) >= 11 is 0. The van der Waals surface area contributed by atoms with E-state index in [1.807, 2.05) is 12.1 Å². The van der Waals surface area contributed by atoms with Crippen LogP contribution in [0.25, 0.3) is 104 Å². The third-order valence-corrected chi connectivity index (χ3v) is 10.8. The summed E-state index contributed by atoms with van der Waals surface area (Å²) in [5.41, 5.74) is 11.7. The molecule has 0 atom stereocenters. The minimum atomic E-state index is 0.578. The minimum absolute atomic E-state index is 0.578. The van der Waals surface area contributed by atoms with Gasteiger partial charge in [-0.3, -0.25) is 9.97 Å². The van der Waals surface area contributed by atoms with Gasteiger partial charge < -0.3 is 0 Å². The summed E-state index contributed by atoms with van der Waals surface area (Å²) in [5, 5.41) is 19.0. The van der Waals surface area contributed by atoms with Gasteiger partial charge in [0.05, 0.1) is 29.6 Å². The Hall–Kier alpha value is -7.92. The lowest BCUT2D eigenvalue weighted by Crippen LogP contribution is -1.95. The molecule has 0 aliphatic heterocycles. The van der Waals surface area contributed by atoms with Crippen LogP contribution in [0.3, 0.4) is 0 Å². The number of nitrogens with zero attached hydrogens (tertiary/aromatic N) is 4. The third kappa shape index (κ3) is 5.37. The van der Waals surface area contributed by atoms with Crippen LogP contribution >= 0.6 is 0 Å². The topological polar surface area (TPSA) is 53.9 Å². The molecule has 0 radical (unpaired) electrons. The molecular formula is C52H30N4. The van der Waals surface area contributed by atoms with E-state index in [-0.39, 0.29) is 0 Å². The Balaban J connectivity index is 1.21. The van der Waals surface area contributed by atoms with Gasteiger partial charge in [-0.05, 0) is 106 Å². The van der Waals surface area contributed by atoms with E-state index < -0.39 is 0 Å². The third-order valence-electron chi connectivity index (χ3n) is 10.8. The van der Waals surface area contributed by atoms with Crippen molar-refractivity contribution in [2.45, 2.75) is 0 Å². The number of hydrogen-bond donors (Lipinski definition) is 0. The largest absolute Gasteiger partial charge is 0.259 e. The van der Waals surface area contributed by atoms with Crippen LogP contribution in [0.4, 0.5) is 5.69 Å². The predicted molar refractivity (Wildman–Crippen MR) is 230 cm³/mol. The molecule has 0 spiro atoms. The van der Waals surface area contributed by atoms with E-state index in [1.165, 1.54) is 65.3 Å². The monoisotopic (exact) mass is 710 g/mol. The number of aromatic nitrogens is 2. The molecule has 2 aromatic heterocycles. The van der Waals surface area contributed by atoms with Crippen LogP contribution in [-0.2, 0) is 0 Å². The van der Waals surface area contributed by atoms with E-state index in [2.05, 4.69) is 166 Å². The molecule has 0 bridgehead atoms. The Labute approximate surface area is 324 Å². The second kappa shape index (κ2) is 13.5.